The Morgan fingerprint density at radius 3 is 2.75 bits per heavy atom. The van der Waals surface area contributed by atoms with Gasteiger partial charge in [-0.2, -0.15) is 5.10 Å². The van der Waals surface area contributed by atoms with E-state index in [1.54, 1.807) is 10.9 Å². The largest absolute Gasteiger partial charge is 0.392 e. The van der Waals surface area contributed by atoms with Crippen LogP contribution >= 0.6 is 27.5 Å². The van der Waals surface area contributed by atoms with Crippen molar-refractivity contribution in [3.8, 4) is 5.69 Å². The van der Waals surface area contributed by atoms with Gasteiger partial charge in [-0.25, -0.2) is 4.68 Å². The van der Waals surface area contributed by atoms with E-state index in [1.165, 1.54) is 0 Å². The highest BCUT2D eigenvalue weighted by atomic mass is 79.9. The minimum Gasteiger partial charge on any atom is -0.392 e. The van der Waals surface area contributed by atoms with Crippen LogP contribution in [-0.2, 0) is 6.61 Å². The third kappa shape index (κ3) is 2.14. The molecule has 84 valence electrons. The van der Waals surface area contributed by atoms with Crippen LogP contribution in [0.5, 0.6) is 0 Å². The maximum atomic E-state index is 9.01. The summed E-state index contributed by atoms with van der Waals surface area (Å²) in [5, 5.41) is 13.9. The summed E-state index contributed by atoms with van der Waals surface area (Å²) in [5.41, 5.74) is 2.54. The molecule has 1 aromatic heterocycles. The van der Waals surface area contributed by atoms with Crippen LogP contribution in [0.4, 0.5) is 0 Å². The molecule has 5 heteroatoms. The van der Waals surface area contributed by atoms with Crippen LogP contribution in [0.3, 0.4) is 0 Å². The summed E-state index contributed by atoms with van der Waals surface area (Å²) in [6, 6.07) is 5.60. The van der Waals surface area contributed by atoms with E-state index in [0.29, 0.717) is 5.02 Å². The van der Waals surface area contributed by atoms with E-state index in [9.17, 15) is 0 Å². The van der Waals surface area contributed by atoms with Crippen LogP contribution in [0.15, 0.2) is 28.9 Å². The molecule has 0 saturated heterocycles. The number of aryl methyl sites for hydroxylation is 1. The minimum absolute atomic E-state index is 0.0256. The average molecular weight is 302 g/mol. The van der Waals surface area contributed by atoms with Gasteiger partial charge >= 0.3 is 0 Å². The van der Waals surface area contributed by atoms with Gasteiger partial charge < -0.3 is 5.11 Å². The Hall–Kier alpha value is -0.840. The molecule has 2 aromatic rings. The molecule has 0 aliphatic carbocycles. The molecule has 0 unspecified atom stereocenters. The van der Waals surface area contributed by atoms with Crippen LogP contribution in [0.1, 0.15) is 11.3 Å². The molecule has 16 heavy (non-hydrogen) atoms. The van der Waals surface area contributed by atoms with Gasteiger partial charge in [0.1, 0.15) is 0 Å². The summed E-state index contributed by atoms with van der Waals surface area (Å²) < 4.78 is 2.58. The molecule has 0 bridgehead atoms. The predicted octanol–water partition coefficient (Wildman–Crippen LogP) is 3.09. The fourth-order valence-corrected chi connectivity index (χ4v) is 2.14. The first-order valence-corrected chi connectivity index (χ1v) is 5.90. The minimum atomic E-state index is 0.0256. The molecular weight excluding hydrogens is 291 g/mol. The number of halogens is 2. The smallest absolute Gasteiger partial charge is 0.0819 e. The zero-order chi connectivity index (χ0) is 11.7. The van der Waals surface area contributed by atoms with Crippen molar-refractivity contribution >= 4 is 27.5 Å². The Balaban J connectivity index is 2.48. The van der Waals surface area contributed by atoms with E-state index in [-0.39, 0.29) is 6.61 Å². The van der Waals surface area contributed by atoms with Crippen LogP contribution in [0, 0.1) is 6.92 Å². The number of aliphatic hydroxyl groups excluding tert-OH is 1. The van der Waals surface area contributed by atoms with E-state index in [1.807, 2.05) is 25.1 Å². The van der Waals surface area contributed by atoms with E-state index < -0.39 is 0 Å². The highest BCUT2D eigenvalue weighted by Crippen LogP contribution is 2.24. The lowest BCUT2D eigenvalue weighted by Gasteiger charge is -2.05. The van der Waals surface area contributed by atoms with Gasteiger partial charge in [0.25, 0.3) is 0 Å². The van der Waals surface area contributed by atoms with Crippen molar-refractivity contribution < 1.29 is 5.11 Å². The summed E-state index contributed by atoms with van der Waals surface area (Å²) in [6.07, 6.45) is 1.76. The number of hydrogen-bond acceptors (Lipinski definition) is 2. The Morgan fingerprint density at radius 1 is 1.50 bits per heavy atom. The predicted molar refractivity (Wildman–Crippen MR) is 66.9 cm³/mol. The third-order valence-corrected chi connectivity index (χ3v) is 3.29. The van der Waals surface area contributed by atoms with E-state index in [2.05, 4.69) is 21.0 Å². The van der Waals surface area contributed by atoms with Crippen molar-refractivity contribution in [1.29, 1.82) is 0 Å². The number of rotatable bonds is 2. The van der Waals surface area contributed by atoms with Crippen molar-refractivity contribution in [1.82, 2.24) is 9.78 Å². The number of nitrogens with zero attached hydrogens (tertiary/aromatic N) is 2. The summed E-state index contributed by atoms with van der Waals surface area (Å²) in [5.74, 6) is 0. The molecule has 0 radical (unpaired) electrons. The number of aliphatic hydroxyl groups is 1. The molecule has 0 spiro atoms. The van der Waals surface area contributed by atoms with E-state index >= 15 is 0 Å². The Bertz CT molecular complexity index is 505. The van der Waals surface area contributed by atoms with Gasteiger partial charge in [-0.05, 0) is 40.5 Å². The second-order valence-corrected chi connectivity index (χ2v) is 4.71. The first-order valence-electron chi connectivity index (χ1n) is 4.73. The SMILES string of the molecule is Cc1nn(-c2ccc(CO)cc2Br)cc1Cl. The van der Waals surface area contributed by atoms with Crippen LogP contribution in [0.25, 0.3) is 5.69 Å². The zero-order valence-corrected chi connectivity index (χ0v) is 11.0. The second-order valence-electron chi connectivity index (χ2n) is 3.45. The van der Waals surface area contributed by atoms with Gasteiger partial charge in [-0.3, -0.25) is 0 Å². The fourth-order valence-electron chi connectivity index (χ4n) is 1.40. The maximum Gasteiger partial charge on any atom is 0.0819 e. The maximum absolute atomic E-state index is 9.01. The lowest BCUT2D eigenvalue weighted by molar-refractivity contribution is 0.282. The molecule has 0 atom stereocenters. The molecule has 0 saturated carbocycles. The molecule has 0 aliphatic rings. The topological polar surface area (TPSA) is 38.0 Å². The van der Waals surface area contributed by atoms with Crippen molar-refractivity contribution in [2.24, 2.45) is 0 Å². The van der Waals surface area contributed by atoms with Crippen molar-refractivity contribution in [2.75, 3.05) is 0 Å². The van der Waals surface area contributed by atoms with Gasteiger partial charge in [0, 0.05) is 10.7 Å². The van der Waals surface area contributed by atoms with E-state index in [4.69, 9.17) is 16.7 Å². The van der Waals surface area contributed by atoms with Gasteiger partial charge in [0.2, 0.25) is 0 Å². The molecular formula is C11H10BrClN2O. The number of aromatic nitrogens is 2. The Labute approximate surface area is 107 Å². The normalized spacial score (nSPS) is 10.8. The molecule has 1 aromatic carbocycles. The Kier molecular flexibility index (Phi) is 3.33. The summed E-state index contributed by atoms with van der Waals surface area (Å²) in [4.78, 5) is 0. The molecule has 2 rings (SSSR count). The lowest BCUT2D eigenvalue weighted by Crippen LogP contribution is -1.97. The summed E-state index contributed by atoms with van der Waals surface area (Å²) in [7, 11) is 0. The number of benzene rings is 1. The highest BCUT2D eigenvalue weighted by molar-refractivity contribution is 9.10. The molecule has 0 amide bonds. The monoisotopic (exact) mass is 300 g/mol. The first-order chi connectivity index (χ1) is 7.61. The molecule has 3 nitrogen and oxygen atoms in total. The molecule has 0 fully saturated rings. The molecule has 0 aliphatic heterocycles. The average Bonchev–Trinajstić information content (AvgIpc) is 2.58. The highest BCUT2D eigenvalue weighted by Gasteiger charge is 2.07. The van der Waals surface area contributed by atoms with Crippen LogP contribution < -0.4 is 0 Å². The fraction of sp³-hybridized carbons (Fsp3) is 0.182. The van der Waals surface area contributed by atoms with Crippen molar-refractivity contribution in [3.05, 3.63) is 45.1 Å². The van der Waals surface area contributed by atoms with Crippen molar-refractivity contribution in [2.45, 2.75) is 13.5 Å². The quantitative estimate of drug-likeness (QED) is 0.925. The Morgan fingerprint density at radius 2 is 2.25 bits per heavy atom. The van der Waals surface area contributed by atoms with Crippen LogP contribution in [0.2, 0.25) is 5.02 Å². The zero-order valence-electron chi connectivity index (χ0n) is 8.61. The third-order valence-electron chi connectivity index (χ3n) is 2.28. The van der Waals surface area contributed by atoms with Gasteiger partial charge in [0.05, 0.1) is 23.0 Å². The van der Waals surface area contributed by atoms with Gasteiger partial charge in [0.15, 0.2) is 0 Å². The second kappa shape index (κ2) is 4.57. The molecule has 1 N–H and O–H groups in total. The van der Waals surface area contributed by atoms with Gasteiger partial charge in [-0.15, -0.1) is 0 Å². The van der Waals surface area contributed by atoms with Gasteiger partial charge in [-0.1, -0.05) is 17.7 Å². The summed E-state index contributed by atoms with van der Waals surface area (Å²) in [6.45, 7) is 1.88. The standard InChI is InChI=1S/C11H10BrClN2O/c1-7-10(13)5-15(14-7)11-3-2-8(6-16)4-9(11)12/h2-5,16H,6H2,1H3. The van der Waals surface area contributed by atoms with Crippen LogP contribution in [-0.4, -0.2) is 14.9 Å². The lowest BCUT2D eigenvalue weighted by atomic mass is 10.2. The first kappa shape index (κ1) is 11.6. The molecule has 1 heterocycles. The number of hydrogen-bond donors (Lipinski definition) is 1. The van der Waals surface area contributed by atoms with E-state index in [0.717, 1.165) is 21.4 Å². The van der Waals surface area contributed by atoms with Crippen molar-refractivity contribution in [3.63, 3.8) is 0 Å². The summed E-state index contributed by atoms with van der Waals surface area (Å²) >= 11 is 9.39.